The molecule has 2 saturated carbocycles. The van der Waals surface area contributed by atoms with Crippen LogP contribution in [0.25, 0.3) is 22.2 Å². The molecule has 4 atom stereocenters. The molecule has 2 aliphatic heterocycles. The molecule has 3 unspecified atom stereocenters. The number of ether oxygens (including phenoxy) is 1. The molecule has 0 spiro atoms. The number of hydrogen-bond acceptors (Lipinski definition) is 6. The van der Waals surface area contributed by atoms with E-state index in [0.717, 1.165) is 63.5 Å². The summed E-state index contributed by atoms with van der Waals surface area (Å²) in [6.07, 6.45) is 6.28. The second-order valence-corrected chi connectivity index (χ2v) is 16.7. The number of carbonyl (C=O) groups excluding carboxylic acids is 3. The van der Waals surface area contributed by atoms with E-state index in [0.29, 0.717) is 32.0 Å². The van der Waals surface area contributed by atoms with E-state index >= 15 is 4.79 Å². The third-order valence-electron chi connectivity index (χ3n) is 11.5. The first-order valence-corrected chi connectivity index (χ1v) is 18.9. The summed E-state index contributed by atoms with van der Waals surface area (Å²) in [6, 6.07) is 11.4. The maximum atomic E-state index is 15.0. The summed E-state index contributed by atoms with van der Waals surface area (Å²) < 4.78 is 36.3. The molecule has 2 aromatic carbocycles. The molecule has 3 heterocycles. The average molecular weight is 690 g/mol. The van der Waals surface area contributed by atoms with E-state index in [-0.39, 0.29) is 35.4 Å². The quantitative estimate of drug-likeness (QED) is 0.395. The third-order valence-corrected chi connectivity index (χ3v) is 12.9. The Hall–Kier alpha value is -3.90. The molecule has 4 aliphatic rings. The van der Waals surface area contributed by atoms with Crippen molar-refractivity contribution in [3.05, 3.63) is 53.1 Å². The van der Waals surface area contributed by atoms with Gasteiger partial charge in [0.1, 0.15) is 5.75 Å². The van der Waals surface area contributed by atoms with Crippen LogP contribution < -0.4 is 9.46 Å². The highest BCUT2D eigenvalue weighted by Gasteiger charge is 2.64. The predicted molar refractivity (Wildman–Crippen MR) is 188 cm³/mol. The molecule has 7 rings (SSSR count). The Morgan fingerprint density at radius 1 is 0.980 bits per heavy atom. The minimum absolute atomic E-state index is 0.0145. The minimum atomic E-state index is -4.00. The van der Waals surface area contributed by atoms with Crippen LogP contribution in [-0.2, 0) is 26.3 Å². The van der Waals surface area contributed by atoms with Gasteiger partial charge in [-0.2, -0.15) is 12.7 Å². The van der Waals surface area contributed by atoms with Gasteiger partial charge in [0, 0.05) is 80.7 Å². The molecule has 0 bridgehead atoms. The molecular weight excluding hydrogens is 643 g/mol. The van der Waals surface area contributed by atoms with Gasteiger partial charge in [-0.1, -0.05) is 25.3 Å². The molecule has 262 valence electrons. The predicted octanol–water partition coefficient (Wildman–Crippen LogP) is 4.86. The molecule has 0 radical (unpaired) electrons. The van der Waals surface area contributed by atoms with E-state index < -0.39 is 21.5 Å². The normalized spacial score (nSPS) is 25.3. The van der Waals surface area contributed by atoms with Crippen LogP contribution in [0.15, 0.2) is 36.4 Å². The average Bonchev–Trinajstić information content (AvgIpc) is 3.74. The highest BCUT2D eigenvalue weighted by Crippen LogP contribution is 2.66. The van der Waals surface area contributed by atoms with E-state index in [4.69, 9.17) is 4.74 Å². The van der Waals surface area contributed by atoms with Gasteiger partial charge in [-0.15, -0.1) is 0 Å². The first-order chi connectivity index (χ1) is 23.3. The summed E-state index contributed by atoms with van der Waals surface area (Å²) in [6.45, 7) is 7.04. The van der Waals surface area contributed by atoms with Crippen LogP contribution >= 0.6 is 0 Å². The fourth-order valence-electron chi connectivity index (χ4n) is 8.93. The molecule has 3 fully saturated rings. The van der Waals surface area contributed by atoms with Gasteiger partial charge in [0.2, 0.25) is 11.8 Å². The molecule has 1 saturated heterocycles. The number of amides is 3. The maximum Gasteiger partial charge on any atom is 0.303 e. The van der Waals surface area contributed by atoms with Gasteiger partial charge in [0.15, 0.2) is 0 Å². The van der Waals surface area contributed by atoms with Gasteiger partial charge in [-0.05, 0) is 80.5 Å². The highest BCUT2D eigenvalue weighted by molar-refractivity contribution is 7.87. The van der Waals surface area contributed by atoms with Crippen LogP contribution in [-0.4, -0.2) is 91.2 Å². The Bertz CT molecular complexity index is 1950. The Labute approximate surface area is 288 Å². The number of piperazine rings is 1. The zero-order valence-corrected chi connectivity index (χ0v) is 30.1. The summed E-state index contributed by atoms with van der Waals surface area (Å²) in [7, 11) is 0.414. The van der Waals surface area contributed by atoms with Crippen molar-refractivity contribution >= 4 is 38.8 Å². The van der Waals surface area contributed by atoms with Crippen LogP contribution in [0.1, 0.15) is 92.6 Å². The molecule has 1 N–H and O–H groups in total. The number of carbonyl (C=O) groups is 3. The monoisotopic (exact) mass is 689 g/mol. The molecule has 3 amide bonds. The number of aromatic nitrogens is 1. The summed E-state index contributed by atoms with van der Waals surface area (Å²) in [5, 5.41) is 1.04. The number of nitrogens with one attached hydrogen (secondary N) is 1. The topological polar surface area (TPSA) is 121 Å². The fraction of sp³-hybridized carbons (Fsp3) is 0.541. The number of methoxy groups -OCH3 is 1. The van der Waals surface area contributed by atoms with Crippen LogP contribution in [0.5, 0.6) is 5.75 Å². The van der Waals surface area contributed by atoms with Gasteiger partial charge in [0.25, 0.3) is 5.91 Å². The summed E-state index contributed by atoms with van der Waals surface area (Å²) >= 11 is 0. The first-order valence-electron chi connectivity index (χ1n) is 17.4. The Morgan fingerprint density at radius 3 is 2.31 bits per heavy atom. The zero-order valence-electron chi connectivity index (χ0n) is 29.3. The summed E-state index contributed by atoms with van der Waals surface area (Å²) in [5.41, 5.74) is 4.85. The van der Waals surface area contributed by atoms with Crippen molar-refractivity contribution in [3.63, 3.8) is 0 Å². The Balaban J connectivity index is 1.42. The first kappa shape index (κ1) is 33.6. The van der Waals surface area contributed by atoms with Crippen LogP contribution in [0, 0.1) is 5.41 Å². The lowest BCUT2D eigenvalue weighted by atomic mass is 9.81. The lowest BCUT2D eigenvalue weighted by Gasteiger charge is -2.45. The van der Waals surface area contributed by atoms with Crippen molar-refractivity contribution in [1.29, 1.82) is 0 Å². The van der Waals surface area contributed by atoms with Crippen molar-refractivity contribution in [2.75, 3.05) is 34.3 Å². The van der Waals surface area contributed by atoms with Gasteiger partial charge in [-0.3, -0.25) is 14.4 Å². The number of hydrogen-bond donors (Lipinski definition) is 1. The number of nitrogens with zero attached hydrogens (tertiary/aromatic N) is 4. The van der Waals surface area contributed by atoms with E-state index in [2.05, 4.69) is 21.4 Å². The number of benzene rings is 2. The molecule has 49 heavy (non-hydrogen) atoms. The SMILES string of the molecule is COc1ccc2c(c1)C1CC1(C(=O)N1C(C)CN(C(C)=O)C[C@@H]1C)Cn1c-2c(C2CCCCC2)c2ccc(C(=O)NS(=O)(=O)N(C)C)cc21. The number of fused-ring (bicyclic) bond motifs is 7. The van der Waals surface area contributed by atoms with Crippen molar-refractivity contribution < 1.29 is 27.5 Å². The smallest absolute Gasteiger partial charge is 0.303 e. The zero-order chi connectivity index (χ0) is 35.0. The van der Waals surface area contributed by atoms with Crippen molar-refractivity contribution in [1.82, 2.24) is 23.4 Å². The lowest BCUT2D eigenvalue weighted by Crippen LogP contribution is -2.61. The molecular formula is C37H47N5O6S. The molecule has 1 aromatic heterocycles. The summed E-state index contributed by atoms with van der Waals surface area (Å²) in [5.74, 6) is 0.437. The third kappa shape index (κ3) is 5.51. The lowest BCUT2D eigenvalue weighted by molar-refractivity contribution is -0.150. The second kappa shape index (κ2) is 12.2. The van der Waals surface area contributed by atoms with E-state index in [1.807, 2.05) is 35.8 Å². The molecule has 2 aliphatic carbocycles. The van der Waals surface area contributed by atoms with Gasteiger partial charge >= 0.3 is 10.2 Å². The van der Waals surface area contributed by atoms with Crippen molar-refractivity contribution in [2.45, 2.75) is 89.8 Å². The maximum absolute atomic E-state index is 15.0. The standard InChI is InChI=1S/C37H47N5O6S/c1-22-19-40(24(3)43)20-23(2)42(22)36(45)37-18-31(37)30-17-27(48-6)13-15-28(30)34-33(25-10-8-7-9-11-25)29-14-12-26(16-32(29)41(34)21-37)35(44)38-49(46,47)39(4)5/h12-17,22-23,25,31H,7-11,18-21H2,1-6H3,(H,38,44)/t22-,23?,31?,37?/m0/s1. The minimum Gasteiger partial charge on any atom is -0.497 e. The Morgan fingerprint density at radius 2 is 1.67 bits per heavy atom. The Kier molecular flexibility index (Phi) is 8.33. The van der Waals surface area contributed by atoms with E-state index in [9.17, 15) is 18.0 Å². The number of rotatable bonds is 6. The van der Waals surface area contributed by atoms with Crippen LogP contribution in [0.3, 0.4) is 0 Å². The van der Waals surface area contributed by atoms with Crippen LogP contribution in [0.2, 0.25) is 0 Å². The molecule has 12 heteroatoms. The van der Waals surface area contributed by atoms with Gasteiger partial charge < -0.3 is 19.1 Å². The van der Waals surface area contributed by atoms with E-state index in [1.54, 1.807) is 26.2 Å². The van der Waals surface area contributed by atoms with Crippen molar-refractivity contribution in [2.24, 2.45) is 5.41 Å². The van der Waals surface area contributed by atoms with E-state index in [1.165, 1.54) is 26.1 Å². The van der Waals surface area contributed by atoms with Gasteiger partial charge in [-0.25, -0.2) is 4.72 Å². The molecule has 11 nitrogen and oxygen atoms in total. The molecule has 3 aromatic rings. The van der Waals surface area contributed by atoms with Crippen LogP contribution in [0.4, 0.5) is 0 Å². The summed E-state index contributed by atoms with van der Waals surface area (Å²) in [4.78, 5) is 44.5. The largest absolute Gasteiger partial charge is 0.497 e. The second-order valence-electron chi connectivity index (χ2n) is 14.8. The van der Waals surface area contributed by atoms with Crippen molar-refractivity contribution in [3.8, 4) is 17.0 Å². The van der Waals surface area contributed by atoms with Gasteiger partial charge in [0.05, 0.1) is 18.2 Å². The fourth-order valence-corrected chi connectivity index (χ4v) is 9.46. The highest BCUT2D eigenvalue weighted by atomic mass is 32.2.